The van der Waals surface area contributed by atoms with E-state index in [4.69, 9.17) is 0 Å². The van der Waals surface area contributed by atoms with Crippen LogP contribution >= 0.6 is 0 Å². The lowest BCUT2D eigenvalue weighted by molar-refractivity contribution is 0.102. The minimum absolute atomic E-state index is 0.130. The Bertz CT molecular complexity index is 1070. The molecule has 0 saturated carbocycles. The molecular weight excluding hydrogens is 340 g/mol. The van der Waals surface area contributed by atoms with Gasteiger partial charge in [0.05, 0.1) is 27.9 Å². The molecule has 0 atom stereocenters. The highest BCUT2D eigenvalue weighted by atomic mass is 32.2. The standard InChI is InChI=1S/C17H16N4O3S/c22-17(20-14-6-7-18-16-13(14)10-19-21-16)12-5-4-11-3-1-2-8-25(23,24)15(11)9-12/h4-7,9-10H,1-3,8H2,(H2,18,19,20,21,22). The van der Waals surface area contributed by atoms with Gasteiger partial charge < -0.3 is 5.32 Å². The van der Waals surface area contributed by atoms with E-state index in [1.165, 1.54) is 6.07 Å². The number of aromatic nitrogens is 3. The maximum absolute atomic E-state index is 12.6. The summed E-state index contributed by atoms with van der Waals surface area (Å²) in [6.45, 7) is 0. The third-order valence-electron chi connectivity index (χ3n) is 4.38. The molecular formula is C17H16N4O3S. The van der Waals surface area contributed by atoms with Crippen molar-refractivity contribution in [3.63, 3.8) is 0 Å². The van der Waals surface area contributed by atoms with Gasteiger partial charge in [-0.05, 0) is 43.0 Å². The van der Waals surface area contributed by atoms with E-state index in [2.05, 4.69) is 20.5 Å². The van der Waals surface area contributed by atoms with Crippen LogP contribution in [0.15, 0.2) is 41.6 Å². The summed E-state index contributed by atoms with van der Waals surface area (Å²) in [6, 6.07) is 6.57. The van der Waals surface area contributed by atoms with Crippen LogP contribution in [0.3, 0.4) is 0 Å². The summed E-state index contributed by atoms with van der Waals surface area (Å²) in [5.41, 5.74) is 2.25. The Balaban J connectivity index is 1.69. The number of aryl methyl sites for hydroxylation is 1. The van der Waals surface area contributed by atoms with Crippen molar-refractivity contribution in [2.24, 2.45) is 0 Å². The van der Waals surface area contributed by atoms with Crippen LogP contribution in [0.4, 0.5) is 5.69 Å². The van der Waals surface area contributed by atoms with Crippen molar-refractivity contribution in [1.29, 1.82) is 0 Å². The number of fused-ring (bicyclic) bond motifs is 2. The molecule has 1 aliphatic rings. The average molecular weight is 356 g/mol. The molecule has 4 rings (SSSR count). The minimum atomic E-state index is -3.34. The maximum atomic E-state index is 12.6. The largest absolute Gasteiger partial charge is 0.321 e. The number of benzene rings is 1. The fourth-order valence-electron chi connectivity index (χ4n) is 3.06. The molecule has 0 radical (unpaired) electrons. The maximum Gasteiger partial charge on any atom is 0.255 e. The van der Waals surface area contributed by atoms with Gasteiger partial charge in [0, 0.05) is 11.8 Å². The molecule has 1 aromatic carbocycles. The number of carbonyl (C=O) groups excluding carboxylic acids is 1. The third-order valence-corrected chi connectivity index (χ3v) is 6.25. The van der Waals surface area contributed by atoms with Crippen molar-refractivity contribution in [2.45, 2.75) is 24.2 Å². The van der Waals surface area contributed by atoms with Crippen molar-refractivity contribution in [3.05, 3.63) is 47.8 Å². The average Bonchev–Trinajstić information content (AvgIpc) is 3.02. The second-order valence-electron chi connectivity index (χ2n) is 6.04. The van der Waals surface area contributed by atoms with Gasteiger partial charge >= 0.3 is 0 Å². The van der Waals surface area contributed by atoms with Gasteiger partial charge in [0.25, 0.3) is 5.91 Å². The molecule has 3 heterocycles. The molecule has 0 saturated heterocycles. The van der Waals surface area contributed by atoms with Gasteiger partial charge in [-0.15, -0.1) is 0 Å². The number of hydrogen-bond acceptors (Lipinski definition) is 5. The van der Waals surface area contributed by atoms with E-state index in [9.17, 15) is 13.2 Å². The van der Waals surface area contributed by atoms with E-state index in [-0.39, 0.29) is 16.6 Å². The molecule has 2 aromatic heterocycles. The SMILES string of the molecule is O=C(Nc1ccnc2[nH]ncc12)c1ccc2c(c1)S(=O)(=O)CCCC2. The first-order chi connectivity index (χ1) is 12.0. The van der Waals surface area contributed by atoms with E-state index in [0.717, 1.165) is 18.4 Å². The second-order valence-corrected chi connectivity index (χ2v) is 8.12. The van der Waals surface area contributed by atoms with E-state index < -0.39 is 9.84 Å². The molecule has 0 aliphatic carbocycles. The molecule has 3 aromatic rings. The highest BCUT2D eigenvalue weighted by Gasteiger charge is 2.23. The van der Waals surface area contributed by atoms with Gasteiger partial charge in [0.1, 0.15) is 0 Å². The molecule has 0 bridgehead atoms. The van der Waals surface area contributed by atoms with Crippen molar-refractivity contribution < 1.29 is 13.2 Å². The van der Waals surface area contributed by atoms with E-state index in [0.29, 0.717) is 28.7 Å². The Labute approximate surface area is 144 Å². The summed E-state index contributed by atoms with van der Waals surface area (Å²) in [7, 11) is -3.34. The molecule has 7 nitrogen and oxygen atoms in total. The van der Waals surface area contributed by atoms with E-state index >= 15 is 0 Å². The smallest absolute Gasteiger partial charge is 0.255 e. The zero-order valence-electron chi connectivity index (χ0n) is 13.3. The predicted molar refractivity (Wildman–Crippen MR) is 93.3 cm³/mol. The number of nitrogens with one attached hydrogen (secondary N) is 2. The molecule has 0 fully saturated rings. The molecule has 1 amide bonds. The fraction of sp³-hybridized carbons (Fsp3) is 0.235. The first-order valence-electron chi connectivity index (χ1n) is 8.00. The highest BCUT2D eigenvalue weighted by molar-refractivity contribution is 7.91. The van der Waals surface area contributed by atoms with Gasteiger partial charge in [-0.2, -0.15) is 5.10 Å². The number of nitrogens with zero attached hydrogens (tertiary/aromatic N) is 2. The predicted octanol–water partition coefficient (Wildman–Crippen LogP) is 2.32. The van der Waals surface area contributed by atoms with E-state index in [1.54, 1.807) is 30.6 Å². The topological polar surface area (TPSA) is 105 Å². The fourth-order valence-corrected chi connectivity index (χ4v) is 4.74. The molecule has 0 unspecified atom stereocenters. The van der Waals surface area contributed by atoms with Gasteiger partial charge in [0.2, 0.25) is 0 Å². The van der Waals surface area contributed by atoms with Gasteiger partial charge in [-0.1, -0.05) is 6.07 Å². The van der Waals surface area contributed by atoms with Crippen LogP contribution in [0.1, 0.15) is 28.8 Å². The summed E-state index contributed by atoms with van der Waals surface area (Å²) in [5.74, 6) is -0.235. The molecule has 128 valence electrons. The van der Waals surface area contributed by atoms with Gasteiger partial charge in [0.15, 0.2) is 15.5 Å². The molecule has 1 aliphatic heterocycles. The molecule has 8 heteroatoms. The van der Waals surface area contributed by atoms with Crippen LogP contribution in [-0.4, -0.2) is 35.3 Å². The Kier molecular flexibility index (Phi) is 3.76. The van der Waals surface area contributed by atoms with Gasteiger partial charge in [-0.3, -0.25) is 9.89 Å². The number of carbonyl (C=O) groups is 1. The normalized spacial score (nSPS) is 16.2. The summed E-state index contributed by atoms with van der Waals surface area (Å²) >= 11 is 0. The van der Waals surface area contributed by atoms with Crippen LogP contribution in [0.5, 0.6) is 0 Å². The van der Waals surface area contributed by atoms with Crippen molar-refractivity contribution >= 4 is 32.5 Å². The number of hydrogen-bond donors (Lipinski definition) is 2. The number of anilines is 1. The Morgan fingerprint density at radius 2 is 2.08 bits per heavy atom. The van der Waals surface area contributed by atoms with Crippen LogP contribution in [0.2, 0.25) is 0 Å². The number of pyridine rings is 1. The van der Waals surface area contributed by atoms with Crippen LogP contribution in [-0.2, 0) is 16.3 Å². The zero-order chi connectivity index (χ0) is 17.4. The second kappa shape index (κ2) is 5.96. The van der Waals surface area contributed by atoms with Crippen LogP contribution in [0, 0.1) is 0 Å². The molecule has 25 heavy (non-hydrogen) atoms. The summed E-state index contributed by atoms with van der Waals surface area (Å²) in [5, 5.41) is 10.1. The van der Waals surface area contributed by atoms with E-state index in [1.807, 2.05) is 0 Å². The number of rotatable bonds is 2. The Morgan fingerprint density at radius 1 is 1.20 bits per heavy atom. The summed E-state index contributed by atoms with van der Waals surface area (Å²) < 4.78 is 24.8. The van der Waals surface area contributed by atoms with Crippen LogP contribution in [0.25, 0.3) is 11.0 Å². The lowest BCUT2D eigenvalue weighted by atomic mass is 10.1. The lowest BCUT2D eigenvalue weighted by Gasteiger charge is -2.10. The minimum Gasteiger partial charge on any atom is -0.321 e. The Morgan fingerprint density at radius 3 is 2.96 bits per heavy atom. The first kappa shape index (κ1) is 15.8. The Hall–Kier alpha value is -2.74. The summed E-state index contributed by atoms with van der Waals surface area (Å²) in [6.07, 6.45) is 5.36. The van der Waals surface area contributed by atoms with Crippen molar-refractivity contribution in [3.8, 4) is 0 Å². The number of aromatic amines is 1. The number of H-pyrrole nitrogens is 1. The lowest BCUT2D eigenvalue weighted by Crippen LogP contribution is -2.14. The third kappa shape index (κ3) is 2.89. The number of sulfone groups is 1. The quantitative estimate of drug-likeness (QED) is 0.733. The monoisotopic (exact) mass is 356 g/mol. The summed E-state index contributed by atoms with van der Waals surface area (Å²) in [4.78, 5) is 17.0. The molecule has 2 N–H and O–H groups in total. The van der Waals surface area contributed by atoms with Gasteiger partial charge in [-0.25, -0.2) is 13.4 Å². The number of amides is 1. The van der Waals surface area contributed by atoms with Crippen molar-refractivity contribution in [1.82, 2.24) is 15.2 Å². The van der Waals surface area contributed by atoms with Crippen molar-refractivity contribution in [2.75, 3.05) is 11.1 Å². The highest BCUT2D eigenvalue weighted by Crippen LogP contribution is 2.26. The van der Waals surface area contributed by atoms with Crippen LogP contribution < -0.4 is 5.32 Å². The first-order valence-corrected chi connectivity index (χ1v) is 9.65. The molecule has 0 spiro atoms. The zero-order valence-corrected chi connectivity index (χ0v) is 14.1.